The van der Waals surface area contributed by atoms with Crippen molar-refractivity contribution in [3.05, 3.63) is 29.3 Å². The lowest BCUT2D eigenvalue weighted by molar-refractivity contribution is 0.0934. The molecular formula is C16H22N2O2. The van der Waals surface area contributed by atoms with Crippen LogP contribution in [0.5, 0.6) is 5.75 Å². The van der Waals surface area contributed by atoms with E-state index in [-0.39, 0.29) is 11.9 Å². The number of nitrogens with one attached hydrogen (secondary N) is 1. The first kappa shape index (κ1) is 13.4. The van der Waals surface area contributed by atoms with Gasteiger partial charge in [0.15, 0.2) is 0 Å². The Balaban J connectivity index is 1.79. The van der Waals surface area contributed by atoms with Crippen LogP contribution in [0.4, 0.5) is 0 Å². The van der Waals surface area contributed by atoms with Crippen molar-refractivity contribution in [2.75, 3.05) is 7.11 Å². The van der Waals surface area contributed by atoms with Crippen molar-refractivity contribution < 1.29 is 9.53 Å². The molecule has 2 fully saturated rings. The number of nitrogens with two attached hydrogens (primary N) is 1. The first-order chi connectivity index (χ1) is 9.69. The third-order valence-corrected chi connectivity index (χ3v) is 4.43. The first-order valence-corrected chi connectivity index (χ1v) is 7.43. The van der Waals surface area contributed by atoms with E-state index in [9.17, 15) is 4.79 Å². The summed E-state index contributed by atoms with van der Waals surface area (Å²) >= 11 is 0. The van der Waals surface area contributed by atoms with Gasteiger partial charge in [0.1, 0.15) is 5.75 Å². The van der Waals surface area contributed by atoms with E-state index in [0.29, 0.717) is 23.3 Å². The Kier molecular flexibility index (Phi) is 3.66. The molecular weight excluding hydrogens is 252 g/mol. The van der Waals surface area contributed by atoms with E-state index in [1.807, 2.05) is 18.2 Å². The molecule has 1 aromatic rings. The number of carbonyl (C=O) groups excluding carboxylic acids is 1. The Morgan fingerprint density at radius 1 is 1.35 bits per heavy atom. The van der Waals surface area contributed by atoms with Crippen LogP contribution < -0.4 is 15.8 Å². The molecule has 20 heavy (non-hydrogen) atoms. The Bertz CT molecular complexity index is 509. The van der Waals surface area contributed by atoms with Gasteiger partial charge in [0, 0.05) is 18.0 Å². The molecule has 2 aliphatic rings. The lowest BCUT2D eigenvalue weighted by Crippen LogP contribution is -2.32. The number of hydrogen-bond donors (Lipinski definition) is 2. The van der Waals surface area contributed by atoms with Gasteiger partial charge >= 0.3 is 0 Å². The summed E-state index contributed by atoms with van der Waals surface area (Å²) in [5.41, 5.74) is 7.68. The summed E-state index contributed by atoms with van der Waals surface area (Å²) in [6, 6.07) is 6.40. The summed E-state index contributed by atoms with van der Waals surface area (Å²) in [6.45, 7) is 0. The highest BCUT2D eigenvalue weighted by Crippen LogP contribution is 2.40. The number of rotatable bonds is 4. The molecule has 4 heteroatoms. The Morgan fingerprint density at radius 3 is 2.65 bits per heavy atom. The second-order valence-corrected chi connectivity index (χ2v) is 5.92. The van der Waals surface area contributed by atoms with E-state index >= 15 is 0 Å². The zero-order valence-corrected chi connectivity index (χ0v) is 11.9. The molecule has 2 atom stereocenters. The minimum atomic E-state index is -0.0233. The van der Waals surface area contributed by atoms with E-state index in [4.69, 9.17) is 10.5 Å². The van der Waals surface area contributed by atoms with Crippen LogP contribution in [0.1, 0.15) is 53.9 Å². The van der Waals surface area contributed by atoms with E-state index in [1.54, 1.807) is 7.11 Å². The van der Waals surface area contributed by atoms with Gasteiger partial charge < -0.3 is 15.8 Å². The zero-order valence-electron chi connectivity index (χ0n) is 11.9. The molecule has 0 saturated heterocycles. The summed E-state index contributed by atoms with van der Waals surface area (Å²) in [5.74, 6) is 1.02. The Morgan fingerprint density at radius 2 is 2.05 bits per heavy atom. The van der Waals surface area contributed by atoms with Crippen molar-refractivity contribution in [3.8, 4) is 5.75 Å². The topological polar surface area (TPSA) is 64.3 Å². The van der Waals surface area contributed by atoms with E-state index in [1.165, 1.54) is 12.8 Å². The maximum atomic E-state index is 12.4. The van der Waals surface area contributed by atoms with E-state index in [2.05, 4.69) is 5.32 Å². The Hall–Kier alpha value is -1.55. The monoisotopic (exact) mass is 274 g/mol. The van der Waals surface area contributed by atoms with Crippen LogP contribution >= 0.6 is 0 Å². The minimum Gasteiger partial charge on any atom is -0.496 e. The highest BCUT2D eigenvalue weighted by Gasteiger charge is 2.35. The first-order valence-electron chi connectivity index (χ1n) is 7.43. The van der Waals surface area contributed by atoms with Crippen molar-refractivity contribution >= 4 is 5.91 Å². The molecule has 2 aliphatic carbocycles. The number of hydrogen-bond acceptors (Lipinski definition) is 3. The molecule has 4 nitrogen and oxygen atoms in total. The summed E-state index contributed by atoms with van der Waals surface area (Å²) in [5, 5.41) is 3.12. The standard InChI is InChI=1S/C16H22N2O2/c1-20-15-7-6-10(12-9-14(12)17)8-13(15)16(19)18-11-4-2-3-5-11/h6-8,11-12,14H,2-5,9,17H2,1H3,(H,18,19)/t12-,14+/m0/s1. The second kappa shape index (κ2) is 5.44. The van der Waals surface area contributed by atoms with Gasteiger partial charge in [0.2, 0.25) is 0 Å². The van der Waals surface area contributed by atoms with Crippen molar-refractivity contribution in [2.24, 2.45) is 5.73 Å². The molecule has 0 radical (unpaired) electrons. The van der Waals surface area contributed by atoms with Gasteiger partial charge in [-0.05, 0) is 37.0 Å². The highest BCUT2D eigenvalue weighted by molar-refractivity contribution is 5.97. The summed E-state index contributed by atoms with van der Waals surface area (Å²) < 4.78 is 5.32. The minimum absolute atomic E-state index is 0.0233. The smallest absolute Gasteiger partial charge is 0.255 e. The molecule has 1 aromatic carbocycles. The van der Waals surface area contributed by atoms with Gasteiger partial charge in [-0.1, -0.05) is 18.9 Å². The van der Waals surface area contributed by atoms with Gasteiger partial charge in [-0.2, -0.15) is 0 Å². The van der Waals surface area contributed by atoms with Crippen molar-refractivity contribution in [1.29, 1.82) is 0 Å². The number of carbonyl (C=O) groups is 1. The maximum absolute atomic E-state index is 12.4. The zero-order chi connectivity index (χ0) is 14.1. The normalized spacial score (nSPS) is 25.5. The van der Waals surface area contributed by atoms with Crippen LogP contribution in [0.25, 0.3) is 0 Å². The van der Waals surface area contributed by atoms with Gasteiger partial charge in [-0.3, -0.25) is 4.79 Å². The molecule has 0 bridgehead atoms. The van der Waals surface area contributed by atoms with Crippen molar-refractivity contribution in [1.82, 2.24) is 5.32 Å². The summed E-state index contributed by atoms with van der Waals surface area (Å²) in [4.78, 5) is 12.4. The van der Waals surface area contributed by atoms with E-state index in [0.717, 1.165) is 24.8 Å². The van der Waals surface area contributed by atoms with Crippen LogP contribution in [0.3, 0.4) is 0 Å². The van der Waals surface area contributed by atoms with Gasteiger partial charge in [0.05, 0.1) is 12.7 Å². The van der Waals surface area contributed by atoms with Crippen molar-refractivity contribution in [2.45, 2.75) is 50.1 Å². The van der Waals surface area contributed by atoms with Gasteiger partial charge in [0.25, 0.3) is 5.91 Å². The number of benzene rings is 1. The van der Waals surface area contributed by atoms with Gasteiger partial charge in [-0.15, -0.1) is 0 Å². The van der Waals surface area contributed by atoms with Gasteiger partial charge in [-0.25, -0.2) is 0 Å². The van der Waals surface area contributed by atoms with Crippen LogP contribution in [-0.2, 0) is 0 Å². The quantitative estimate of drug-likeness (QED) is 0.884. The maximum Gasteiger partial charge on any atom is 0.255 e. The number of amides is 1. The third-order valence-electron chi connectivity index (χ3n) is 4.43. The van der Waals surface area contributed by atoms with E-state index < -0.39 is 0 Å². The molecule has 0 spiro atoms. The molecule has 0 aromatic heterocycles. The summed E-state index contributed by atoms with van der Waals surface area (Å²) in [6.07, 6.45) is 5.59. The number of ether oxygens (including phenoxy) is 1. The predicted octanol–water partition coefficient (Wildman–Crippen LogP) is 2.18. The third kappa shape index (κ3) is 2.66. The second-order valence-electron chi connectivity index (χ2n) is 5.92. The fourth-order valence-corrected chi connectivity index (χ4v) is 3.06. The molecule has 0 unspecified atom stereocenters. The largest absolute Gasteiger partial charge is 0.496 e. The van der Waals surface area contributed by atoms with Crippen LogP contribution in [0.15, 0.2) is 18.2 Å². The van der Waals surface area contributed by atoms with Crippen LogP contribution in [0.2, 0.25) is 0 Å². The molecule has 108 valence electrons. The highest BCUT2D eigenvalue weighted by atomic mass is 16.5. The van der Waals surface area contributed by atoms with Crippen LogP contribution in [0, 0.1) is 0 Å². The summed E-state index contributed by atoms with van der Waals surface area (Å²) in [7, 11) is 1.60. The lowest BCUT2D eigenvalue weighted by atomic mass is 10.0. The Labute approximate surface area is 119 Å². The fourth-order valence-electron chi connectivity index (χ4n) is 3.06. The molecule has 3 N–H and O–H groups in total. The average Bonchev–Trinajstić information content (AvgIpc) is 2.97. The molecule has 0 heterocycles. The average molecular weight is 274 g/mol. The number of methoxy groups -OCH3 is 1. The molecule has 3 rings (SSSR count). The lowest BCUT2D eigenvalue weighted by Gasteiger charge is -2.15. The molecule has 1 amide bonds. The predicted molar refractivity (Wildman–Crippen MR) is 78.0 cm³/mol. The van der Waals surface area contributed by atoms with Crippen molar-refractivity contribution in [3.63, 3.8) is 0 Å². The fraction of sp³-hybridized carbons (Fsp3) is 0.562. The SMILES string of the molecule is COc1ccc([C@@H]2C[C@H]2N)cc1C(=O)NC1CCCC1. The van der Waals surface area contributed by atoms with Crippen LogP contribution in [-0.4, -0.2) is 25.1 Å². The molecule has 2 saturated carbocycles. The molecule has 0 aliphatic heterocycles.